The molecule has 3 aliphatic rings. The Morgan fingerprint density at radius 1 is 1.31 bits per heavy atom. The first kappa shape index (κ1) is 16.8. The van der Waals surface area contributed by atoms with Gasteiger partial charge in [-0.25, -0.2) is 0 Å². The van der Waals surface area contributed by atoms with Crippen molar-refractivity contribution in [2.45, 2.75) is 50.9 Å². The highest BCUT2D eigenvalue weighted by Gasteiger charge is 2.69. The molecule has 3 amide bonds. The van der Waals surface area contributed by atoms with Crippen LogP contribution in [0.3, 0.4) is 0 Å². The van der Waals surface area contributed by atoms with Gasteiger partial charge in [-0.2, -0.15) is 0 Å². The van der Waals surface area contributed by atoms with Gasteiger partial charge in [0.05, 0.1) is 0 Å². The second-order valence-electron chi connectivity index (χ2n) is 8.00. The number of hydrogen-bond donors (Lipinski definition) is 1. The predicted molar refractivity (Wildman–Crippen MR) is 97.3 cm³/mol. The Labute approximate surface area is 152 Å². The Morgan fingerprint density at radius 2 is 2.00 bits per heavy atom. The number of nitrogens with zero attached hydrogens (tertiary/aromatic N) is 2. The number of nitrogens with one attached hydrogen (secondary N) is 1. The summed E-state index contributed by atoms with van der Waals surface area (Å²) in [5.74, 6) is -0.310. The van der Waals surface area contributed by atoms with Crippen molar-refractivity contribution in [2.24, 2.45) is 5.41 Å². The first-order chi connectivity index (χ1) is 12.3. The average Bonchev–Trinajstić information content (AvgIpc) is 3.12. The van der Waals surface area contributed by atoms with Crippen LogP contribution in [0.4, 0.5) is 5.69 Å². The Bertz CT molecular complexity index is 833. The van der Waals surface area contributed by atoms with Crippen LogP contribution in [0.5, 0.6) is 0 Å². The summed E-state index contributed by atoms with van der Waals surface area (Å²) in [4.78, 5) is 41.0. The molecular weight excluding hydrogens is 330 g/mol. The van der Waals surface area contributed by atoms with Crippen LogP contribution in [0.25, 0.3) is 0 Å². The minimum Gasteiger partial charge on any atom is -0.343 e. The fourth-order valence-electron chi connectivity index (χ4n) is 5.07. The minimum atomic E-state index is -0.599. The summed E-state index contributed by atoms with van der Waals surface area (Å²) in [7, 11) is 0. The number of carbonyl (C=O) groups is 3. The fourth-order valence-corrected chi connectivity index (χ4v) is 5.07. The Hall–Kier alpha value is -2.63. The standard InChI is InChI=1S/C20H23N3O3/c1-5-19(3,4)20-10-15-16(25)21-12(2)17(26)23(15)18(20)22(11-24)14-9-7-6-8-13(14)20/h5-9,11-12,15,18H,1,10H2,2-4H3,(H,21,25)/t12-,15+,18+,20-/m1/s1. The number of para-hydroxylation sites is 1. The first-order valence-corrected chi connectivity index (χ1v) is 8.89. The lowest BCUT2D eigenvalue weighted by atomic mass is 9.60. The number of amides is 3. The highest BCUT2D eigenvalue weighted by molar-refractivity contribution is 6.00. The highest BCUT2D eigenvalue weighted by Crippen LogP contribution is 2.62. The molecule has 2 saturated heterocycles. The van der Waals surface area contributed by atoms with E-state index in [-0.39, 0.29) is 11.8 Å². The van der Waals surface area contributed by atoms with E-state index in [1.807, 2.05) is 30.3 Å². The molecule has 26 heavy (non-hydrogen) atoms. The molecule has 0 bridgehead atoms. The second kappa shape index (κ2) is 5.19. The van der Waals surface area contributed by atoms with Crippen LogP contribution in [0.2, 0.25) is 0 Å². The molecule has 6 heteroatoms. The van der Waals surface area contributed by atoms with Crippen LogP contribution in [-0.2, 0) is 19.8 Å². The van der Waals surface area contributed by atoms with Crippen molar-refractivity contribution in [1.82, 2.24) is 10.2 Å². The van der Waals surface area contributed by atoms with Gasteiger partial charge in [-0.05, 0) is 30.4 Å². The van der Waals surface area contributed by atoms with Crippen LogP contribution in [-0.4, -0.2) is 41.4 Å². The van der Waals surface area contributed by atoms with Crippen molar-refractivity contribution in [2.75, 3.05) is 4.90 Å². The molecule has 6 nitrogen and oxygen atoms in total. The molecule has 1 N–H and O–H groups in total. The zero-order valence-electron chi connectivity index (χ0n) is 15.2. The zero-order chi connectivity index (χ0) is 18.9. The molecule has 0 spiro atoms. The van der Waals surface area contributed by atoms with Crippen LogP contribution < -0.4 is 10.2 Å². The van der Waals surface area contributed by atoms with Gasteiger partial charge in [-0.3, -0.25) is 19.3 Å². The topological polar surface area (TPSA) is 69.7 Å². The van der Waals surface area contributed by atoms with Gasteiger partial charge in [0.15, 0.2) is 0 Å². The molecule has 1 aromatic carbocycles. The lowest BCUT2D eigenvalue weighted by Gasteiger charge is -2.45. The van der Waals surface area contributed by atoms with E-state index in [1.165, 1.54) is 0 Å². The summed E-state index contributed by atoms with van der Waals surface area (Å²) in [6, 6.07) is 6.54. The molecule has 3 heterocycles. The van der Waals surface area contributed by atoms with Gasteiger partial charge in [0.25, 0.3) is 0 Å². The molecule has 0 unspecified atom stereocenters. The van der Waals surface area contributed by atoms with E-state index < -0.39 is 29.1 Å². The van der Waals surface area contributed by atoms with E-state index in [0.717, 1.165) is 17.7 Å². The molecule has 136 valence electrons. The molecule has 3 aliphatic heterocycles. The molecule has 0 aromatic heterocycles. The van der Waals surface area contributed by atoms with Crippen LogP contribution >= 0.6 is 0 Å². The Balaban J connectivity index is 2.02. The van der Waals surface area contributed by atoms with E-state index >= 15 is 0 Å². The smallest absolute Gasteiger partial charge is 0.247 e. The number of rotatable bonds is 3. The van der Waals surface area contributed by atoms with Gasteiger partial charge in [0.1, 0.15) is 18.2 Å². The lowest BCUT2D eigenvalue weighted by Crippen LogP contribution is -2.65. The van der Waals surface area contributed by atoms with E-state index in [9.17, 15) is 14.4 Å². The molecule has 1 aromatic rings. The predicted octanol–water partition coefficient (Wildman–Crippen LogP) is 1.56. The van der Waals surface area contributed by atoms with E-state index in [4.69, 9.17) is 0 Å². The van der Waals surface area contributed by atoms with Gasteiger partial charge >= 0.3 is 0 Å². The number of piperazine rings is 1. The molecule has 2 fully saturated rings. The second-order valence-corrected chi connectivity index (χ2v) is 8.00. The molecule has 4 rings (SSSR count). The normalized spacial score (nSPS) is 32.7. The maximum absolute atomic E-state index is 13.0. The van der Waals surface area contributed by atoms with Crippen LogP contribution in [0, 0.1) is 5.41 Å². The van der Waals surface area contributed by atoms with Crippen molar-refractivity contribution in [3.05, 3.63) is 42.5 Å². The van der Waals surface area contributed by atoms with Crippen molar-refractivity contribution in [3.8, 4) is 0 Å². The highest BCUT2D eigenvalue weighted by atomic mass is 16.2. The number of allylic oxidation sites excluding steroid dienone is 1. The number of anilines is 1. The maximum atomic E-state index is 13.0. The van der Waals surface area contributed by atoms with Crippen molar-refractivity contribution in [1.29, 1.82) is 0 Å². The van der Waals surface area contributed by atoms with Gasteiger partial charge in [0, 0.05) is 11.1 Å². The fraction of sp³-hybridized carbons (Fsp3) is 0.450. The Morgan fingerprint density at radius 3 is 2.65 bits per heavy atom. The summed E-state index contributed by atoms with van der Waals surface area (Å²) >= 11 is 0. The van der Waals surface area contributed by atoms with Crippen molar-refractivity contribution >= 4 is 23.9 Å². The van der Waals surface area contributed by atoms with Crippen molar-refractivity contribution in [3.63, 3.8) is 0 Å². The molecular formula is C20H23N3O3. The number of hydrogen-bond acceptors (Lipinski definition) is 3. The molecule has 4 atom stereocenters. The zero-order valence-corrected chi connectivity index (χ0v) is 15.2. The summed E-state index contributed by atoms with van der Waals surface area (Å²) in [6.45, 7) is 9.81. The van der Waals surface area contributed by atoms with Gasteiger partial charge < -0.3 is 10.2 Å². The molecule has 0 radical (unpaired) electrons. The summed E-state index contributed by atoms with van der Waals surface area (Å²) < 4.78 is 0. The third-order valence-electron chi connectivity index (χ3n) is 6.54. The summed E-state index contributed by atoms with van der Waals surface area (Å²) in [6.07, 6.45) is 2.57. The number of fused-ring (bicyclic) bond motifs is 5. The van der Waals surface area contributed by atoms with E-state index in [0.29, 0.717) is 6.42 Å². The maximum Gasteiger partial charge on any atom is 0.247 e. The van der Waals surface area contributed by atoms with Gasteiger partial charge in [-0.15, -0.1) is 6.58 Å². The van der Waals surface area contributed by atoms with Crippen LogP contribution in [0.15, 0.2) is 36.9 Å². The summed E-state index contributed by atoms with van der Waals surface area (Å²) in [5.41, 5.74) is 0.762. The van der Waals surface area contributed by atoms with Crippen molar-refractivity contribution < 1.29 is 14.4 Å². The van der Waals surface area contributed by atoms with Gasteiger partial charge in [-0.1, -0.05) is 38.1 Å². The third kappa shape index (κ3) is 1.74. The SMILES string of the molecule is C=CC(C)(C)[C@@]12C[C@H]3C(=O)N[C@H](C)C(=O)N3[C@@H]1N(C=O)c1ccccc12. The molecule has 0 aliphatic carbocycles. The lowest BCUT2D eigenvalue weighted by molar-refractivity contribution is -0.149. The first-order valence-electron chi connectivity index (χ1n) is 8.89. The number of benzene rings is 1. The third-order valence-corrected chi connectivity index (χ3v) is 6.54. The number of carbonyl (C=O) groups excluding carboxylic acids is 3. The largest absolute Gasteiger partial charge is 0.343 e. The van der Waals surface area contributed by atoms with E-state index in [1.54, 1.807) is 16.7 Å². The Kier molecular flexibility index (Phi) is 3.36. The molecule has 0 saturated carbocycles. The van der Waals surface area contributed by atoms with Gasteiger partial charge in [0.2, 0.25) is 18.2 Å². The van der Waals surface area contributed by atoms with E-state index in [2.05, 4.69) is 25.7 Å². The van der Waals surface area contributed by atoms with Crippen LogP contribution in [0.1, 0.15) is 32.8 Å². The monoisotopic (exact) mass is 353 g/mol. The minimum absolute atomic E-state index is 0.152. The quantitative estimate of drug-likeness (QED) is 0.662. The summed E-state index contributed by atoms with van der Waals surface area (Å²) in [5, 5.41) is 2.77. The average molecular weight is 353 g/mol.